The summed E-state index contributed by atoms with van der Waals surface area (Å²) in [5, 5.41) is 11.8. The van der Waals surface area contributed by atoms with E-state index in [1.807, 2.05) is 0 Å². The average Bonchev–Trinajstić information content (AvgIpc) is 3.20. The SMILES string of the molecule is O=[N+]([O-])c1cc(S(=O)(=O)N2CCCC2)ccc1SC1CCCC1. The molecule has 0 aromatic heterocycles. The van der Waals surface area contributed by atoms with Gasteiger partial charge >= 0.3 is 0 Å². The van der Waals surface area contributed by atoms with E-state index in [0.29, 0.717) is 23.2 Å². The largest absolute Gasteiger partial charge is 0.284 e. The number of nitro benzene ring substituents is 1. The van der Waals surface area contributed by atoms with Crippen molar-refractivity contribution < 1.29 is 13.3 Å². The van der Waals surface area contributed by atoms with Crippen molar-refractivity contribution in [1.82, 2.24) is 4.31 Å². The maximum atomic E-state index is 12.6. The van der Waals surface area contributed by atoms with Crippen molar-refractivity contribution in [3.63, 3.8) is 0 Å². The van der Waals surface area contributed by atoms with Gasteiger partial charge in [-0.2, -0.15) is 4.31 Å². The number of thioether (sulfide) groups is 1. The highest BCUT2D eigenvalue weighted by Crippen LogP contribution is 2.40. The van der Waals surface area contributed by atoms with Gasteiger partial charge in [0.25, 0.3) is 5.69 Å². The Morgan fingerprint density at radius 1 is 1.13 bits per heavy atom. The molecule has 0 spiro atoms. The van der Waals surface area contributed by atoms with Gasteiger partial charge in [-0.25, -0.2) is 8.42 Å². The van der Waals surface area contributed by atoms with Gasteiger partial charge in [0.15, 0.2) is 0 Å². The van der Waals surface area contributed by atoms with Gasteiger partial charge < -0.3 is 0 Å². The molecule has 1 saturated heterocycles. The van der Waals surface area contributed by atoms with Crippen LogP contribution in [0.25, 0.3) is 0 Å². The maximum Gasteiger partial charge on any atom is 0.284 e. The van der Waals surface area contributed by atoms with Crippen molar-refractivity contribution in [2.75, 3.05) is 13.1 Å². The fourth-order valence-corrected chi connectivity index (χ4v) is 6.03. The van der Waals surface area contributed by atoms with Crippen LogP contribution in [0.4, 0.5) is 5.69 Å². The number of sulfonamides is 1. The normalized spacial score (nSPS) is 20.2. The molecule has 0 amide bonds. The molecule has 6 nitrogen and oxygen atoms in total. The zero-order chi connectivity index (χ0) is 16.4. The first-order chi connectivity index (χ1) is 11.0. The summed E-state index contributed by atoms with van der Waals surface area (Å²) in [5.41, 5.74) is -0.0952. The molecule has 2 aliphatic rings. The molecule has 1 saturated carbocycles. The highest BCUT2D eigenvalue weighted by molar-refractivity contribution is 8.00. The molecule has 0 bridgehead atoms. The first-order valence-electron chi connectivity index (χ1n) is 7.94. The van der Waals surface area contributed by atoms with Crippen LogP contribution in [-0.2, 0) is 10.0 Å². The molecule has 1 aliphatic heterocycles. The van der Waals surface area contributed by atoms with E-state index in [9.17, 15) is 18.5 Å². The van der Waals surface area contributed by atoms with E-state index in [2.05, 4.69) is 0 Å². The lowest BCUT2D eigenvalue weighted by Gasteiger charge is -2.16. The Hall–Kier alpha value is -1.12. The van der Waals surface area contributed by atoms with Crippen LogP contribution < -0.4 is 0 Å². The second-order valence-electron chi connectivity index (χ2n) is 6.02. The van der Waals surface area contributed by atoms with Crippen molar-refractivity contribution in [1.29, 1.82) is 0 Å². The lowest BCUT2D eigenvalue weighted by molar-refractivity contribution is -0.388. The number of nitro groups is 1. The lowest BCUT2D eigenvalue weighted by atomic mass is 10.3. The Kier molecular flexibility index (Phi) is 4.93. The van der Waals surface area contributed by atoms with Crippen molar-refractivity contribution in [2.24, 2.45) is 0 Å². The topological polar surface area (TPSA) is 80.5 Å². The zero-order valence-electron chi connectivity index (χ0n) is 12.8. The minimum atomic E-state index is -3.62. The Morgan fingerprint density at radius 3 is 2.39 bits per heavy atom. The standard InChI is InChI=1S/C15H20N2O4S2/c18-17(19)14-11-13(23(20,21)16-9-3-4-10-16)7-8-15(14)22-12-5-1-2-6-12/h7-8,11-12H,1-6,9-10H2. The summed E-state index contributed by atoms with van der Waals surface area (Å²) < 4.78 is 26.5. The van der Waals surface area contributed by atoms with Gasteiger partial charge in [-0.15, -0.1) is 11.8 Å². The van der Waals surface area contributed by atoms with Crippen LogP contribution in [0.1, 0.15) is 38.5 Å². The Labute approximate surface area is 140 Å². The predicted molar refractivity (Wildman–Crippen MR) is 89.2 cm³/mol. The number of nitrogens with zero attached hydrogens (tertiary/aromatic N) is 2. The van der Waals surface area contributed by atoms with Gasteiger partial charge in [-0.05, 0) is 37.8 Å². The van der Waals surface area contributed by atoms with Crippen molar-refractivity contribution in [3.8, 4) is 0 Å². The molecule has 0 unspecified atom stereocenters. The Morgan fingerprint density at radius 2 is 1.78 bits per heavy atom. The van der Waals surface area contributed by atoms with E-state index in [-0.39, 0.29) is 10.6 Å². The highest BCUT2D eigenvalue weighted by atomic mass is 32.2. The molecule has 2 fully saturated rings. The van der Waals surface area contributed by atoms with E-state index >= 15 is 0 Å². The molecular formula is C15H20N2O4S2. The fraction of sp³-hybridized carbons (Fsp3) is 0.600. The second-order valence-corrected chi connectivity index (χ2v) is 9.30. The second kappa shape index (κ2) is 6.78. The molecule has 126 valence electrons. The van der Waals surface area contributed by atoms with Gasteiger partial charge in [0.1, 0.15) is 0 Å². The van der Waals surface area contributed by atoms with Crippen LogP contribution in [0.2, 0.25) is 0 Å². The zero-order valence-corrected chi connectivity index (χ0v) is 14.4. The smallest absolute Gasteiger partial charge is 0.258 e. The fourth-order valence-electron chi connectivity index (χ4n) is 3.16. The number of rotatable bonds is 5. The van der Waals surface area contributed by atoms with Gasteiger partial charge in [0.2, 0.25) is 10.0 Å². The molecule has 1 aromatic rings. The van der Waals surface area contributed by atoms with Gasteiger partial charge in [-0.1, -0.05) is 12.8 Å². The minimum absolute atomic E-state index is 0.0295. The molecule has 1 aromatic carbocycles. The molecule has 1 aliphatic carbocycles. The Bertz CT molecular complexity index is 693. The molecule has 0 radical (unpaired) electrons. The molecule has 23 heavy (non-hydrogen) atoms. The summed E-state index contributed by atoms with van der Waals surface area (Å²) in [4.78, 5) is 11.5. The highest BCUT2D eigenvalue weighted by Gasteiger charge is 2.30. The van der Waals surface area contributed by atoms with E-state index in [4.69, 9.17) is 0 Å². The van der Waals surface area contributed by atoms with Crippen LogP contribution in [0, 0.1) is 10.1 Å². The third-order valence-corrected chi connectivity index (χ3v) is 7.72. The van der Waals surface area contributed by atoms with Gasteiger partial charge in [-0.3, -0.25) is 10.1 Å². The third-order valence-electron chi connectivity index (χ3n) is 4.43. The maximum absolute atomic E-state index is 12.6. The van der Waals surface area contributed by atoms with Gasteiger partial charge in [0.05, 0.1) is 14.7 Å². The van der Waals surface area contributed by atoms with Crippen LogP contribution in [-0.4, -0.2) is 36.0 Å². The summed E-state index contributed by atoms with van der Waals surface area (Å²) in [6, 6.07) is 4.34. The average molecular weight is 356 g/mol. The predicted octanol–water partition coefficient (Wildman–Crippen LogP) is 3.41. The summed E-state index contributed by atoms with van der Waals surface area (Å²) >= 11 is 1.51. The van der Waals surface area contributed by atoms with Crippen LogP contribution >= 0.6 is 11.8 Å². The van der Waals surface area contributed by atoms with E-state index < -0.39 is 14.9 Å². The summed E-state index contributed by atoms with van der Waals surface area (Å²) in [7, 11) is -3.62. The molecule has 1 heterocycles. The number of benzene rings is 1. The van der Waals surface area contributed by atoms with Crippen LogP contribution in [0.3, 0.4) is 0 Å². The Balaban J connectivity index is 1.91. The molecule has 3 rings (SSSR count). The first kappa shape index (κ1) is 16.7. The third kappa shape index (κ3) is 3.54. The van der Waals surface area contributed by atoms with Crippen molar-refractivity contribution in [2.45, 2.75) is 53.6 Å². The molecule has 8 heteroatoms. The van der Waals surface area contributed by atoms with E-state index in [1.165, 1.54) is 28.2 Å². The summed E-state index contributed by atoms with van der Waals surface area (Å²) in [5.74, 6) is 0. The molecule has 0 N–H and O–H groups in total. The number of hydrogen-bond acceptors (Lipinski definition) is 5. The molecular weight excluding hydrogens is 336 g/mol. The minimum Gasteiger partial charge on any atom is -0.258 e. The first-order valence-corrected chi connectivity index (χ1v) is 10.3. The quantitative estimate of drug-likeness (QED) is 0.596. The summed E-state index contributed by atoms with van der Waals surface area (Å²) in [6.45, 7) is 0.989. The van der Waals surface area contributed by atoms with Crippen molar-refractivity contribution >= 4 is 27.5 Å². The van der Waals surface area contributed by atoms with Crippen LogP contribution in [0.5, 0.6) is 0 Å². The van der Waals surface area contributed by atoms with Gasteiger partial charge in [0, 0.05) is 24.4 Å². The summed E-state index contributed by atoms with van der Waals surface area (Å²) in [6.07, 6.45) is 6.14. The monoisotopic (exact) mass is 356 g/mol. The molecule has 0 atom stereocenters. The van der Waals surface area contributed by atoms with E-state index in [1.54, 1.807) is 6.07 Å². The van der Waals surface area contributed by atoms with E-state index in [0.717, 1.165) is 38.5 Å². The van der Waals surface area contributed by atoms with Crippen LogP contribution in [0.15, 0.2) is 28.0 Å². The van der Waals surface area contributed by atoms with Crippen molar-refractivity contribution in [3.05, 3.63) is 28.3 Å². The number of hydrogen-bond donors (Lipinski definition) is 0. The lowest BCUT2D eigenvalue weighted by Crippen LogP contribution is -2.27.